The molecule has 1 unspecified atom stereocenters. The highest BCUT2D eigenvalue weighted by Crippen LogP contribution is 2.05. The van der Waals surface area contributed by atoms with Crippen molar-refractivity contribution in [2.45, 2.75) is 19.9 Å². The molecule has 2 N–H and O–H groups in total. The molecule has 0 radical (unpaired) electrons. The first-order chi connectivity index (χ1) is 6.50. The summed E-state index contributed by atoms with van der Waals surface area (Å²) in [5.41, 5.74) is 0.329. The zero-order valence-corrected chi connectivity index (χ0v) is 7.90. The van der Waals surface area contributed by atoms with Crippen molar-refractivity contribution in [3.8, 4) is 0 Å². The molecule has 0 aliphatic heterocycles. The summed E-state index contributed by atoms with van der Waals surface area (Å²) in [6.07, 6.45) is 1.29. The molecule has 1 aromatic rings. The number of carboxylic acids is 1. The summed E-state index contributed by atoms with van der Waals surface area (Å²) in [6, 6.07) is 0.641. The van der Waals surface area contributed by atoms with E-state index in [0.717, 1.165) is 0 Å². The van der Waals surface area contributed by atoms with Crippen molar-refractivity contribution in [3.05, 3.63) is 23.7 Å². The molecule has 1 amide bonds. The minimum atomic E-state index is -1.07. The van der Waals surface area contributed by atoms with Crippen LogP contribution in [0.3, 0.4) is 0 Å². The molecule has 0 saturated heterocycles. The summed E-state index contributed by atoms with van der Waals surface area (Å²) in [4.78, 5) is 21.8. The Kier molecular flexibility index (Phi) is 2.91. The monoisotopic (exact) mass is 197 g/mol. The second-order valence-electron chi connectivity index (χ2n) is 2.98. The third-order valence-electron chi connectivity index (χ3n) is 1.71. The molecular weight excluding hydrogens is 186 g/mol. The maximum absolute atomic E-state index is 11.3. The van der Waals surface area contributed by atoms with Crippen LogP contribution in [-0.4, -0.2) is 23.0 Å². The van der Waals surface area contributed by atoms with Crippen LogP contribution in [0.1, 0.15) is 23.0 Å². The molecule has 1 atom stereocenters. The molecule has 0 aromatic carbocycles. The largest absolute Gasteiger partial charge is 0.480 e. The average molecular weight is 197 g/mol. The van der Waals surface area contributed by atoms with Gasteiger partial charge in [0.1, 0.15) is 18.1 Å². The Morgan fingerprint density at radius 1 is 1.57 bits per heavy atom. The van der Waals surface area contributed by atoms with E-state index in [9.17, 15) is 9.59 Å². The van der Waals surface area contributed by atoms with Gasteiger partial charge in [-0.3, -0.25) is 9.59 Å². The number of carbonyl (C=O) groups is 2. The zero-order valence-electron chi connectivity index (χ0n) is 7.90. The number of hydrogen-bond acceptors (Lipinski definition) is 3. The normalized spacial score (nSPS) is 12.1. The van der Waals surface area contributed by atoms with Gasteiger partial charge in [-0.15, -0.1) is 0 Å². The summed E-state index contributed by atoms with van der Waals surface area (Å²) in [5, 5.41) is 10.9. The van der Waals surface area contributed by atoms with Gasteiger partial charge in [-0.1, -0.05) is 0 Å². The van der Waals surface area contributed by atoms with Gasteiger partial charge in [-0.25, -0.2) is 0 Å². The minimum absolute atomic E-state index is 0.329. The Morgan fingerprint density at radius 3 is 2.64 bits per heavy atom. The zero-order chi connectivity index (χ0) is 10.7. The number of aliphatic carboxylic acids is 1. The van der Waals surface area contributed by atoms with Gasteiger partial charge in [0.2, 0.25) is 0 Å². The van der Waals surface area contributed by atoms with Crippen molar-refractivity contribution in [2.24, 2.45) is 0 Å². The number of rotatable bonds is 3. The molecule has 1 rings (SSSR count). The van der Waals surface area contributed by atoms with Crippen LogP contribution >= 0.6 is 0 Å². The van der Waals surface area contributed by atoms with Gasteiger partial charge in [0.15, 0.2) is 0 Å². The predicted molar refractivity (Wildman–Crippen MR) is 48.0 cm³/mol. The topological polar surface area (TPSA) is 79.5 Å². The smallest absolute Gasteiger partial charge is 0.325 e. The van der Waals surface area contributed by atoms with E-state index in [-0.39, 0.29) is 0 Å². The third-order valence-corrected chi connectivity index (χ3v) is 1.71. The van der Waals surface area contributed by atoms with Crippen LogP contribution in [0.5, 0.6) is 0 Å². The highest BCUT2D eigenvalue weighted by Gasteiger charge is 2.16. The fourth-order valence-electron chi connectivity index (χ4n) is 0.904. The Morgan fingerprint density at radius 2 is 2.21 bits per heavy atom. The summed E-state index contributed by atoms with van der Waals surface area (Å²) < 4.78 is 4.92. The lowest BCUT2D eigenvalue weighted by molar-refractivity contribution is -0.138. The maximum atomic E-state index is 11.3. The van der Waals surface area contributed by atoms with E-state index in [1.165, 1.54) is 13.2 Å². The van der Waals surface area contributed by atoms with Crippen LogP contribution in [0, 0.1) is 6.92 Å². The number of nitrogens with one attached hydrogen (secondary N) is 1. The lowest BCUT2D eigenvalue weighted by Crippen LogP contribution is -2.38. The van der Waals surface area contributed by atoms with Crippen molar-refractivity contribution in [3.63, 3.8) is 0 Å². The average Bonchev–Trinajstić information content (AvgIpc) is 2.51. The van der Waals surface area contributed by atoms with E-state index in [1.54, 1.807) is 13.0 Å². The summed E-state index contributed by atoms with van der Waals surface area (Å²) in [7, 11) is 0. The SMILES string of the molecule is Cc1cc(C(=O)NC(C)C(=O)O)co1. The van der Waals surface area contributed by atoms with E-state index in [1.807, 2.05) is 0 Å². The fraction of sp³-hybridized carbons (Fsp3) is 0.333. The standard InChI is InChI=1S/C9H11NO4/c1-5-3-7(4-14-5)8(11)10-6(2)9(12)13/h3-4,6H,1-2H3,(H,10,11)(H,12,13). The first-order valence-electron chi connectivity index (χ1n) is 4.09. The number of carboxylic acid groups (broad SMARTS) is 1. The number of amides is 1. The Balaban J connectivity index is 2.63. The number of aryl methyl sites for hydroxylation is 1. The van der Waals surface area contributed by atoms with E-state index in [2.05, 4.69) is 5.32 Å². The summed E-state index contributed by atoms with van der Waals surface area (Å²) in [5.74, 6) is -0.909. The molecule has 0 fully saturated rings. The van der Waals surface area contributed by atoms with Crippen LogP contribution in [0.2, 0.25) is 0 Å². The van der Waals surface area contributed by atoms with E-state index in [4.69, 9.17) is 9.52 Å². The molecule has 0 bridgehead atoms. The highest BCUT2D eigenvalue weighted by molar-refractivity contribution is 5.96. The third kappa shape index (κ3) is 2.35. The molecule has 0 saturated carbocycles. The Bertz CT molecular complexity index is 355. The van der Waals surface area contributed by atoms with Crippen molar-refractivity contribution < 1.29 is 19.1 Å². The predicted octanol–water partition coefficient (Wildman–Crippen LogP) is 0.791. The van der Waals surface area contributed by atoms with Gasteiger partial charge < -0.3 is 14.8 Å². The van der Waals surface area contributed by atoms with Gasteiger partial charge in [0, 0.05) is 0 Å². The van der Waals surface area contributed by atoms with Crippen molar-refractivity contribution >= 4 is 11.9 Å². The summed E-state index contributed by atoms with van der Waals surface area (Å²) in [6.45, 7) is 3.10. The lowest BCUT2D eigenvalue weighted by atomic mass is 10.2. The molecule has 14 heavy (non-hydrogen) atoms. The van der Waals surface area contributed by atoms with Crippen LogP contribution in [-0.2, 0) is 4.79 Å². The molecule has 0 aliphatic rings. The number of carbonyl (C=O) groups excluding carboxylic acids is 1. The van der Waals surface area contributed by atoms with E-state index < -0.39 is 17.9 Å². The maximum Gasteiger partial charge on any atom is 0.325 e. The van der Waals surface area contributed by atoms with E-state index >= 15 is 0 Å². The quantitative estimate of drug-likeness (QED) is 0.750. The van der Waals surface area contributed by atoms with Crippen LogP contribution in [0.4, 0.5) is 0 Å². The van der Waals surface area contributed by atoms with Gasteiger partial charge >= 0.3 is 5.97 Å². The first kappa shape index (κ1) is 10.3. The van der Waals surface area contributed by atoms with Gasteiger partial charge in [0.25, 0.3) is 5.91 Å². The lowest BCUT2D eigenvalue weighted by Gasteiger charge is -2.06. The van der Waals surface area contributed by atoms with Crippen molar-refractivity contribution in [1.82, 2.24) is 5.32 Å². The minimum Gasteiger partial charge on any atom is -0.480 e. The molecule has 76 valence electrons. The molecule has 5 heteroatoms. The molecular formula is C9H11NO4. The van der Waals surface area contributed by atoms with Crippen molar-refractivity contribution in [2.75, 3.05) is 0 Å². The Labute approximate surface area is 80.7 Å². The second-order valence-corrected chi connectivity index (χ2v) is 2.98. The van der Waals surface area contributed by atoms with Gasteiger partial charge in [0.05, 0.1) is 5.56 Å². The van der Waals surface area contributed by atoms with E-state index in [0.29, 0.717) is 11.3 Å². The van der Waals surface area contributed by atoms with Crippen LogP contribution < -0.4 is 5.32 Å². The molecule has 0 aliphatic carbocycles. The van der Waals surface area contributed by atoms with Gasteiger partial charge in [-0.2, -0.15) is 0 Å². The number of furan rings is 1. The van der Waals surface area contributed by atoms with Crippen LogP contribution in [0.15, 0.2) is 16.7 Å². The fourth-order valence-corrected chi connectivity index (χ4v) is 0.904. The number of hydrogen-bond donors (Lipinski definition) is 2. The first-order valence-corrected chi connectivity index (χ1v) is 4.09. The molecule has 5 nitrogen and oxygen atoms in total. The second kappa shape index (κ2) is 3.95. The Hall–Kier alpha value is -1.78. The van der Waals surface area contributed by atoms with Crippen molar-refractivity contribution in [1.29, 1.82) is 0 Å². The molecule has 1 aromatic heterocycles. The molecule has 1 heterocycles. The molecule has 0 spiro atoms. The van der Waals surface area contributed by atoms with Crippen LogP contribution in [0.25, 0.3) is 0 Å². The summed E-state index contributed by atoms with van der Waals surface area (Å²) >= 11 is 0. The van der Waals surface area contributed by atoms with Gasteiger partial charge in [-0.05, 0) is 19.9 Å². The highest BCUT2D eigenvalue weighted by atomic mass is 16.4.